The smallest absolute Gasteiger partial charge is 0.237 e. The van der Waals surface area contributed by atoms with Crippen molar-refractivity contribution in [1.29, 1.82) is 0 Å². The molecule has 0 saturated carbocycles. The number of halogens is 8. The Morgan fingerprint density at radius 1 is 0.667 bits per heavy atom. The molecule has 0 saturated heterocycles. The van der Waals surface area contributed by atoms with Crippen LogP contribution in [0.4, 0.5) is 0 Å². The topological polar surface area (TPSA) is 9.23 Å². The molecule has 92 valence electrons. The summed E-state index contributed by atoms with van der Waals surface area (Å²) in [5.41, 5.74) is 0. The van der Waals surface area contributed by atoms with Crippen LogP contribution in [-0.2, 0) is 4.74 Å². The summed E-state index contributed by atoms with van der Waals surface area (Å²) in [5.74, 6) is 0. The maximum absolute atomic E-state index is 5.88. The second-order valence-electron chi connectivity index (χ2n) is 3.06. The van der Waals surface area contributed by atoms with Crippen molar-refractivity contribution in [2.75, 3.05) is 0 Å². The second-order valence-corrected chi connectivity index (χ2v) is 9.06. The molecule has 9 heteroatoms. The first-order chi connectivity index (χ1) is 6.21. The van der Waals surface area contributed by atoms with Crippen LogP contribution in [0.5, 0.6) is 0 Å². The van der Waals surface area contributed by atoms with Gasteiger partial charge in [-0.3, -0.25) is 0 Å². The Kier molecular flexibility index (Phi) is 5.88. The molecule has 0 aliphatic rings. The number of rotatable bonds is 2. The number of alkyl halides is 8. The maximum Gasteiger partial charge on any atom is 0.237 e. The first kappa shape index (κ1) is 17.3. The maximum atomic E-state index is 5.88. The van der Waals surface area contributed by atoms with Crippen molar-refractivity contribution in [2.45, 2.75) is 31.6 Å². The lowest BCUT2D eigenvalue weighted by molar-refractivity contribution is -0.0432. The molecule has 0 aromatic rings. The van der Waals surface area contributed by atoms with E-state index in [1.165, 1.54) is 13.8 Å². The normalized spacial score (nSPS) is 15.6. The lowest BCUT2D eigenvalue weighted by Gasteiger charge is -2.41. The third-order valence-corrected chi connectivity index (χ3v) is 4.01. The first-order valence-electron chi connectivity index (χ1n) is 3.42. The molecule has 0 aromatic carbocycles. The lowest BCUT2D eigenvalue weighted by atomic mass is 10.4. The Balaban J connectivity index is 5.26. The second kappa shape index (κ2) is 5.11. The van der Waals surface area contributed by atoms with Gasteiger partial charge in [0.1, 0.15) is 5.06 Å². The van der Waals surface area contributed by atoms with Crippen LogP contribution in [0, 0.1) is 0 Å². The molecular formula is C6H6Cl8O. The molecule has 0 radical (unpaired) electrons. The lowest BCUT2D eigenvalue weighted by Crippen LogP contribution is -2.53. The van der Waals surface area contributed by atoms with E-state index < -0.39 is 17.7 Å². The summed E-state index contributed by atoms with van der Waals surface area (Å²) in [7, 11) is 0. The minimum atomic E-state index is -2.21. The van der Waals surface area contributed by atoms with Crippen LogP contribution in [0.3, 0.4) is 0 Å². The average molecular weight is 378 g/mol. The van der Waals surface area contributed by atoms with Crippen molar-refractivity contribution < 1.29 is 4.74 Å². The number of hydrogen-bond acceptors (Lipinski definition) is 1. The molecule has 0 N–H and O–H groups in total. The highest BCUT2D eigenvalue weighted by molar-refractivity contribution is 6.77. The monoisotopic (exact) mass is 374 g/mol. The van der Waals surface area contributed by atoms with E-state index in [0.29, 0.717) is 0 Å². The van der Waals surface area contributed by atoms with Gasteiger partial charge in [-0.15, -0.1) is 0 Å². The van der Waals surface area contributed by atoms with Gasteiger partial charge in [0.2, 0.25) is 12.6 Å². The molecule has 0 heterocycles. The highest BCUT2D eigenvalue weighted by Gasteiger charge is 2.63. The van der Waals surface area contributed by atoms with E-state index in [0.717, 1.165) is 0 Å². The molecular weight excluding hydrogens is 372 g/mol. The summed E-state index contributed by atoms with van der Waals surface area (Å²) >= 11 is 45.2. The van der Waals surface area contributed by atoms with Crippen LogP contribution in [0.1, 0.15) is 13.8 Å². The Morgan fingerprint density at radius 2 is 0.933 bits per heavy atom. The zero-order valence-corrected chi connectivity index (χ0v) is 13.5. The van der Waals surface area contributed by atoms with Gasteiger partial charge in [-0.25, -0.2) is 0 Å². The quantitative estimate of drug-likeness (QED) is 0.565. The SMILES string of the molecule is CC(C)(Cl)OC(Cl)(C(Cl)(Cl)Cl)C(Cl)(Cl)Cl. The molecule has 0 atom stereocenters. The van der Waals surface area contributed by atoms with Crippen LogP contribution in [0.25, 0.3) is 0 Å². The highest BCUT2D eigenvalue weighted by Crippen LogP contribution is 2.57. The van der Waals surface area contributed by atoms with Gasteiger partial charge in [-0.1, -0.05) is 92.8 Å². The standard InChI is InChI=1S/C6H6Cl8O/c1-3(2,7)15-4(8,5(9,10)11)6(12,13)14/h1-2H3. The predicted octanol–water partition coefficient (Wildman–Crippen LogP) is 5.65. The Hall–Kier alpha value is 2.28. The third kappa shape index (κ3) is 4.81. The van der Waals surface area contributed by atoms with E-state index in [-0.39, 0.29) is 0 Å². The van der Waals surface area contributed by atoms with Crippen molar-refractivity contribution in [3.8, 4) is 0 Å². The summed E-state index contributed by atoms with van der Waals surface area (Å²) in [6, 6.07) is 0. The molecule has 0 bridgehead atoms. The van der Waals surface area contributed by atoms with E-state index in [2.05, 4.69) is 0 Å². The van der Waals surface area contributed by atoms with E-state index in [1.807, 2.05) is 0 Å². The summed E-state index contributed by atoms with van der Waals surface area (Å²) in [4.78, 5) is 0. The van der Waals surface area contributed by atoms with Gasteiger partial charge >= 0.3 is 0 Å². The molecule has 1 nitrogen and oxygen atoms in total. The molecule has 0 aliphatic carbocycles. The average Bonchev–Trinajstić information content (AvgIpc) is 1.77. The zero-order chi connectivity index (χ0) is 12.7. The molecule has 0 aliphatic heterocycles. The predicted molar refractivity (Wildman–Crippen MR) is 70.2 cm³/mol. The summed E-state index contributed by atoms with van der Waals surface area (Å²) in [6.07, 6.45) is 0. The van der Waals surface area contributed by atoms with E-state index in [4.69, 9.17) is 97.5 Å². The zero-order valence-electron chi connectivity index (χ0n) is 7.43. The van der Waals surface area contributed by atoms with Crippen molar-refractivity contribution in [3.05, 3.63) is 0 Å². The van der Waals surface area contributed by atoms with Crippen molar-refractivity contribution >= 4 is 92.8 Å². The molecule has 0 amide bonds. The Bertz CT molecular complexity index is 207. The minimum Gasteiger partial charge on any atom is -0.330 e. The van der Waals surface area contributed by atoms with Gasteiger partial charge in [-0.2, -0.15) is 0 Å². The molecule has 15 heavy (non-hydrogen) atoms. The summed E-state index contributed by atoms with van der Waals surface area (Å²) in [5, 5.41) is -3.48. The van der Waals surface area contributed by atoms with Crippen LogP contribution in [-0.4, -0.2) is 17.7 Å². The van der Waals surface area contributed by atoms with Crippen LogP contribution < -0.4 is 0 Å². The van der Waals surface area contributed by atoms with E-state index in [9.17, 15) is 0 Å². The Labute approximate surface area is 128 Å². The fourth-order valence-electron chi connectivity index (χ4n) is 0.611. The fraction of sp³-hybridized carbons (Fsp3) is 1.00. The summed E-state index contributed by atoms with van der Waals surface area (Å²) in [6.45, 7) is 2.91. The number of hydrogen-bond donors (Lipinski definition) is 0. The number of ether oxygens (including phenoxy) is 1. The fourth-order valence-corrected chi connectivity index (χ4v) is 2.48. The van der Waals surface area contributed by atoms with Gasteiger partial charge in [-0.05, 0) is 13.8 Å². The van der Waals surface area contributed by atoms with Gasteiger partial charge in [0, 0.05) is 0 Å². The van der Waals surface area contributed by atoms with Crippen molar-refractivity contribution in [2.24, 2.45) is 0 Å². The minimum absolute atomic E-state index is 1.27. The highest BCUT2D eigenvalue weighted by atomic mass is 35.6. The van der Waals surface area contributed by atoms with Gasteiger partial charge in [0.05, 0.1) is 0 Å². The van der Waals surface area contributed by atoms with Gasteiger partial charge in [0.15, 0.2) is 0 Å². The van der Waals surface area contributed by atoms with Crippen LogP contribution >= 0.6 is 92.8 Å². The van der Waals surface area contributed by atoms with E-state index in [1.54, 1.807) is 0 Å². The Morgan fingerprint density at radius 3 is 1.00 bits per heavy atom. The van der Waals surface area contributed by atoms with Gasteiger partial charge in [0.25, 0.3) is 0 Å². The molecule has 0 rings (SSSR count). The summed E-state index contributed by atoms with van der Waals surface area (Å²) < 4.78 is 0.744. The van der Waals surface area contributed by atoms with Gasteiger partial charge < -0.3 is 4.74 Å². The van der Waals surface area contributed by atoms with Crippen LogP contribution in [0.2, 0.25) is 0 Å². The van der Waals surface area contributed by atoms with E-state index >= 15 is 0 Å². The molecule has 0 fully saturated rings. The van der Waals surface area contributed by atoms with Crippen molar-refractivity contribution in [1.82, 2.24) is 0 Å². The molecule has 0 aromatic heterocycles. The molecule has 0 spiro atoms. The first-order valence-corrected chi connectivity index (χ1v) is 6.44. The molecule has 0 unspecified atom stereocenters. The van der Waals surface area contributed by atoms with Crippen molar-refractivity contribution in [3.63, 3.8) is 0 Å². The largest absolute Gasteiger partial charge is 0.330 e. The van der Waals surface area contributed by atoms with Crippen LogP contribution in [0.15, 0.2) is 0 Å². The third-order valence-electron chi connectivity index (χ3n) is 1.11.